The fourth-order valence-corrected chi connectivity index (χ4v) is 6.72. The van der Waals surface area contributed by atoms with Crippen LogP contribution in [0.15, 0.2) is 82.2 Å². The van der Waals surface area contributed by atoms with E-state index in [0.717, 1.165) is 52.0 Å². The molecule has 0 aromatic heterocycles. The Morgan fingerprint density at radius 3 is 2.17 bits per heavy atom. The minimum Gasteiger partial charge on any atom is -0.352 e. The third-order valence-electron chi connectivity index (χ3n) is 7.39. The van der Waals surface area contributed by atoms with Gasteiger partial charge in [-0.2, -0.15) is 0 Å². The highest BCUT2D eigenvalue weighted by atomic mass is 79.9. The first-order valence-electron chi connectivity index (χ1n) is 13.7. The van der Waals surface area contributed by atoms with Crippen LogP contribution in [0.5, 0.6) is 0 Å². The van der Waals surface area contributed by atoms with Gasteiger partial charge in [0.25, 0.3) is 10.0 Å². The fourth-order valence-electron chi connectivity index (χ4n) is 4.91. The molecule has 41 heavy (non-hydrogen) atoms. The van der Waals surface area contributed by atoms with Crippen LogP contribution in [-0.2, 0) is 26.2 Å². The van der Waals surface area contributed by atoms with E-state index >= 15 is 0 Å². The van der Waals surface area contributed by atoms with Gasteiger partial charge in [0.2, 0.25) is 11.8 Å². The third-order valence-corrected chi connectivity index (χ3v) is 9.96. The van der Waals surface area contributed by atoms with Gasteiger partial charge in [0.1, 0.15) is 12.6 Å². The van der Waals surface area contributed by atoms with Gasteiger partial charge in [-0.3, -0.25) is 13.9 Å². The molecule has 1 aliphatic rings. The van der Waals surface area contributed by atoms with Crippen LogP contribution in [0.1, 0.15) is 50.2 Å². The Balaban J connectivity index is 1.66. The number of hydrogen-bond acceptors (Lipinski definition) is 4. The average molecular weight is 661 g/mol. The van der Waals surface area contributed by atoms with E-state index in [2.05, 4.69) is 21.2 Å². The molecule has 1 atom stereocenters. The summed E-state index contributed by atoms with van der Waals surface area (Å²) in [5.74, 6) is -0.734. The van der Waals surface area contributed by atoms with Crippen molar-refractivity contribution >= 4 is 55.1 Å². The molecule has 7 nitrogen and oxygen atoms in total. The summed E-state index contributed by atoms with van der Waals surface area (Å²) in [6.07, 6.45) is 5.12. The number of aryl methyl sites for hydroxylation is 1. The summed E-state index contributed by atoms with van der Waals surface area (Å²) in [5.41, 5.74) is 2.12. The monoisotopic (exact) mass is 659 g/mol. The maximum Gasteiger partial charge on any atom is 0.264 e. The zero-order valence-corrected chi connectivity index (χ0v) is 26.4. The van der Waals surface area contributed by atoms with E-state index in [0.29, 0.717) is 10.7 Å². The molecule has 3 aromatic carbocycles. The number of anilines is 1. The molecule has 1 fully saturated rings. The summed E-state index contributed by atoms with van der Waals surface area (Å²) < 4.78 is 29.7. The number of carbonyl (C=O) groups excluding carboxylic acids is 2. The van der Waals surface area contributed by atoms with Crippen molar-refractivity contribution in [2.45, 2.75) is 69.5 Å². The summed E-state index contributed by atoms with van der Waals surface area (Å²) in [7, 11) is -4.14. The van der Waals surface area contributed by atoms with Crippen molar-refractivity contribution in [3.8, 4) is 0 Å². The highest BCUT2D eigenvalue weighted by molar-refractivity contribution is 9.10. The topological polar surface area (TPSA) is 86.8 Å². The number of halogens is 2. The van der Waals surface area contributed by atoms with Crippen LogP contribution in [0.25, 0.3) is 0 Å². The highest BCUT2D eigenvalue weighted by Crippen LogP contribution is 2.26. The van der Waals surface area contributed by atoms with E-state index < -0.39 is 28.5 Å². The maximum atomic E-state index is 14.0. The Morgan fingerprint density at radius 1 is 0.951 bits per heavy atom. The molecule has 4 rings (SSSR count). The predicted octanol–water partition coefficient (Wildman–Crippen LogP) is 6.47. The maximum absolute atomic E-state index is 14.0. The number of carbonyl (C=O) groups is 2. The van der Waals surface area contributed by atoms with Gasteiger partial charge in [-0.25, -0.2) is 8.42 Å². The van der Waals surface area contributed by atoms with Gasteiger partial charge in [0.05, 0.1) is 10.6 Å². The van der Waals surface area contributed by atoms with Gasteiger partial charge in [-0.05, 0) is 80.8 Å². The number of rotatable bonds is 10. The summed E-state index contributed by atoms with van der Waals surface area (Å²) in [6, 6.07) is 19.5. The van der Waals surface area contributed by atoms with Gasteiger partial charge in [0, 0.05) is 22.1 Å². The molecule has 0 radical (unpaired) electrons. The van der Waals surface area contributed by atoms with Gasteiger partial charge < -0.3 is 10.2 Å². The van der Waals surface area contributed by atoms with Crippen molar-refractivity contribution in [2.75, 3.05) is 10.8 Å². The normalized spacial score (nSPS) is 14.7. The smallest absolute Gasteiger partial charge is 0.264 e. The first-order valence-corrected chi connectivity index (χ1v) is 16.3. The SMILES string of the molecule is Cc1ccc(N(CC(=O)N(Cc2ccc(Br)cc2)[C@H](C)C(=O)NC2CCCCC2)S(=O)(=O)c2ccc(Cl)cc2)cc1. The third kappa shape index (κ3) is 8.11. The number of benzene rings is 3. The summed E-state index contributed by atoms with van der Waals surface area (Å²) in [4.78, 5) is 28.9. The lowest BCUT2D eigenvalue weighted by Gasteiger charge is -2.33. The van der Waals surface area contributed by atoms with Gasteiger partial charge in [0.15, 0.2) is 0 Å². The molecular formula is C31H35BrClN3O4S. The standard InChI is InChI=1S/C31H35BrClN3O4S/c1-22-8-16-28(17-9-22)36(41(39,40)29-18-14-26(33)15-19-29)21-30(37)35(20-24-10-12-25(32)13-11-24)23(2)31(38)34-27-6-4-3-5-7-27/h8-19,23,27H,3-7,20-21H2,1-2H3,(H,34,38)/t23-/m1/s1. The molecule has 1 N–H and O–H groups in total. The minimum absolute atomic E-state index is 0.0119. The quantitative estimate of drug-likeness (QED) is 0.270. The Morgan fingerprint density at radius 2 is 1.56 bits per heavy atom. The second kappa shape index (κ2) is 13.9. The van der Waals surface area contributed by atoms with Crippen LogP contribution >= 0.6 is 27.5 Å². The van der Waals surface area contributed by atoms with E-state index in [1.807, 2.05) is 31.2 Å². The minimum atomic E-state index is -4.14. The van der Waals surface area contributed by atoms with Crippen molar-refractivity contribution < 1.29 is 18.0 Å². The van der Waals surface area contributed by atoms with Crippen molar-refractivity contribution in [1.82, 2.24) is 10.2 Å². The Hall–Kier alpha value is -2.88. The second-order valence-corrected chi connectivity index (χ2v) is 13.7. The van der Waals surface area contributed by atoms with E-state index in [9.17, 15) is 18.0 Å². The van der Waals surface area contributed by atoms with Crippen molar-refractivity contribution in [2.24, 2.45) is 0 Å². The summed E-state index contributed by atoms with van der Waals surface area (Å²) in [6.45, 7) is 3.26. The van der Waals surface area contributed by atoms with Crippen LogP contribution in [0.4, 0.5) is 5.69 Å². The van der Waals surface area contributed by atoms with Gasteiger partial charge in [-0.15, -0.1) is 0 Å². The van der Waals surface area contributed by atoms with Crippen LogP contribution < -0.4 is 9.62 Å². The zero-order chi connectivity index (χ0) is 29.6. The lowest BCUT2D eigenvalue weighted by molar-refractivity contribution is -0.139. The number of sulfonamides is 1. The molecule has 10 heteroatoms. The molecule has 0 bridgehead atoms. The van der Waals surface area contributed by atoms with Crippen LogP contribution in [0.3, 0.4) is 0 Å². The molecule has 1 aliphatic carbocycles. The molecule has 218 valence electrons. The lowest BCUT2D eigenvalue weighted by Crippen LogP contribution is -2.53. The van der Waals surface area contributed by atoms with Crippen LogP contribution in [0, 0.1) is 6.92 Å². The summed E-state index contributed by atoms with van der Waals surface area (Å²) >= 11 is 9.45. The van der Waals surface area contributed by atoms with Crippen molar-refractivity contribution in [1.29, 1.82) is 0 Å². The first-order chi connectivity index (χ1) is 19.5. The Labute approximate surface area is 256 Å². The highest BCUT2D eigenvalue weighted by Gasteiger charge is 2.33. The lowest BCUT2D eigenvalue weighted by atomic mass is 9.95. The molecule has 2 amide bonds. The zero-order valence-electron chi connectivity index (χ0n) is 23.2. The number of nitrogens with zero attached hydrogens (tertiary/aromatic N) is 2. The molecule has 0 saturated heterocycles. The van der Waals surface area contributed by atoms with Crippen molar-refractivity contribution in [3.63, 3.8) is 0 Å². The fraction of sp³-hybridized carbons (Fsp3) is 0.355. The predicted molar refractivity (Wildman–Crippen MR) is 166 cm³/mol. The largest absolute Gasteiger partial charge is 0.352 e. The van der Waals surface area contributed by atoms with Gasteiger partial charge >= 0.3 is 0 Å². The van der Waals surface area contributed by atoms with E-state index in [-0.39, 0.29) is 23.4 Å². The molecular weight excluding hydrogens is 626 g/mol. The summed E-state index contributed by atoms with van der Waals surface area (Å²) in [5, 5.41) is 3.52. The molecule has 0 spiro atoms. The number of amides is 2. The average Bonchev–Trinajstić information content (AvgIpc) is 2.96. The second-order valence-electron chi connectivity index (χ2n) is 10.5. The number of hydrogen-bond donors (Lipinski definition) is 1. The molecule has 0 aliphatic heterocycles. The Bertz CT molecular complexity index is 1440. The number of nitrogens with one attached hydrogen (secondary N) is 1. The first kappa shape index (κ1) is 31.1. The molecule has 1 saturated carbocycles. The van der Waals surface area contributed by atoms with Gasteiger partial charge in [-0.1, -0.05) is 76.6 Å². The molecule has 0 unspecified atom stereocenters. The molecule has 0 heterocycles. The molecule has 3 aromatic rings. The van der Waals surface area contributed by atoms with E-state index in [1.54, 1.807) is 31.2 Å². The van der Waals surface area contributed by atoms with E-state index in [4.69, 9.17) is 11.6 Å². The van der Waals surface area contributed by atoms with Crippen LogP contribution in [0.2, 0.25) is 5.02 Å². The van der Waals surface area contributed by atoms with Crippen molar-refractivity contribution in [3.05, 3.63) is 93.4 Å². The Kier molecular flexibility index (Phi) is 10.5. The van der Waals surface area contributed by atoms with Crippen LogP contribution in [-0.4, -0.2) is 43.8 Å². The van der Waals surface area contributed by atoms with E-state index in [1.165, 1.54) is 29.2 Å².